The van der Waals surface area contributed by atoms with Gasteiger partial charge in [-0.15, -0.1) is 0 Å². The van der Waals surface area contributed by atoms with Crippen molar-refractivity contribution in [1.29, 1.82) is 0 Å². The number of anilines is 2. The average Bonchev–Trinajstić information content (AvgIpc) is 3.36. The van der Waals surface area contributed by atoms with Gasteiger partial charge in [0.2, 0.25) is 0 Å². The summed E-state index contributed by atoms with van der Waals surface area (Å²) in [5.41, 5.74) is 2.67. The standard InChI is InChI=1S/C21H23Cl2N7OS/c1-28-19(20(31)29-7-3-2-4-8-29)18(11-24-28)27-21(32)26-16-10-25-30(13-16)12-14-5-6-15(22)9-17(14)23/h5-6,9-11,13H,2-4,7-8,12H2,1H3,(H2,26,27,32). The maximum absolute atomic E-state index is 13.0. The van der Waals surface area contributed by atoms with Crippen LogP contribution < -0.4 is 10.6 Å². The minimum absolute atomic E-state index is 0.0392. The predicted molar refractivity (Wildman–Crippen MR) is 131 cm³/mol. The van der Waals surface area contributed by atoms with Crippen molar-refractivity contribution in [3.05, 3.63) is 58.1 Å². The first kappa shape index (κ1) is 22.6. The zero-order valence-electron chi connectivity index (χ0n) is 17.5. The van der Waals surface area contributed by atoms with E-state index in [1.165, 1.54) is 0 Å². The Balaban J connectivity index is 1.40. The number of nitrogens with zero attached hydrogens (tertiary/aromatic N) is 5. The van der Waals surface area contributed by atoms with E-state index in [2.05, 4.69) is 20.8 Å². The molecule has 4 rings (SSSR count). The van der Waals surface area contributed by atoms with Gasteiger partial charge in [0.15, 0.2) is 5.11 Å². The van der Waals surface area contributed by atoms with E-state index >= 15 is 0 Å². The minimum atomic E-state index is -0.0392. The molecule has 0 saturated carbocycles. The van der Waals surface area contributed by atoms with Gasteiger partial charge in [0.1, 0.15) is 5.69 Å². The Morgan fingerprint density at radius 2 is 1.91 bits per heavy atom. The second-order valence-electron chi connectivity index (χ2n) is 7.62. The summed E-state index contributed by atoms with van der Waals surface area (Å²) >= 11 is 17.7. The first-order chi connectivity index (χ1) is 15.4. The Kier molecular flexibility index (Phi) is 6.98. The number of aromatic nitrogens is 4. The van der Waals surface area contributed by atoms with Crippen molar-refractivity contribution in [2.75, 3.05) is 23.7 Å². The summed E-state index contributed by atoms with van der Waals surface area (Å²) < 4.78 is 3.32. The Morgan fingerprint density at radius 3 is 2.66 bits per heavy atom. The third-order valence-electron chi connectivity index (χ3n) is 5.27. The lowest BCUT2D eigenvalue weighted by molar-refractivity contribution is 0.0714. The number of amides is 1. The molecule has 11 heteroatoms. The molecule has 2 aromatic heterocycles. The highest BCUT2D eigenvalue weighted by Gasteiger charge is 2.24. The molecule has 168 valence electrons. The molecule has 1 fully saturated rings. The number of benzene rings is 1. The molecule has 0 radical (unpaired) electrons. The number of likely N-dealkylation sites (tertiary alicyclic amines) is 1. The minimum Gasteiger partial charge on any atom is -0.337 e. The molecule has 0 aliphatic carbocycles. The first-order valence-electron chi connectivity index (χ1n) is 10.3. The lowest BCUT2D eigenvalue weighted by Crippen LogP contribution is -2.37. The molecule has 1 aliphatic rings. The summed E-state index contributed by atoms with van der Waals surface area (Å²) in [5, 5.41) is 16.3. The number of aryl methyl sites for hydroxylation is 1. The van der Waals surface area contributed by atoms with Crippen molar-refractivity contribution >= 4 is 57.8 Å². The van der Waals surface area contributed by atoms with Crippen LogP contribution >= 0.6 is 35.4 Å². The van der Waals surface area contributed by atoms with Crippen LogP contribution in [-0.4, -0.2) is 48.6 Å². The van der Waals surface area contributed by atoms with Crippen molar-refractivity contribution in [2.45, 2.75) is 25.8 Å². The highest BCUT2D eigenvalue weighted by Crippen LogP contribution is 2.23. The molecule has 1 aliphatic heterocycles. The number of halogens is 2. The molecule has 1 amide bonds. The van der Waals surface area contributed by atoms with E-state index < -0.39 is 0 Å². The van der Waals surface area contributed by atoms with Gasteiger partial charge in [0.05, 0.1) is 30.3 Å². The van der Waals surface area contributed by atoms with E-state index in [0.29, 0.717) is 38.8 Å². The van der Waals surface area contributed by atoms with Crippen LogP contribution in [0.25, 0.3) is 0 Å². The maximum atomic E-state index is 13.0. The fraction of sp³-hybridized carbons (Fsp3) is 0.333. The zero-order valence-corrected chi connectivity index (χ0v) is 19.8. The Morgan fingerprint density at radius 1 is 1.12 bits per heavy atom. The Bertz CT molecular complexity index is 1140. The number of carbonyl (C=O) groups is 1. The van der Waals surface area contributed by atoms with Gasteiger partial charge in [-0.2, -0.15) is 10.2 Å². The van der Waals surface area contributed by atoms with E-state index in [9.17, 15) is 4.79 Å². The molecule has 1 aromatic carbocycles. The van der Waals surface area contributed by atoms with Gasteiger partial charge in [0, 0.05) is 36.4 Å². The quantitative estimate of drug-likeness (QED) is 0.514. The third kappa shape index (κ3) is 5.23. The van der Waals surface area contributed by atoms with Gasteiger partial charge in [-0.05, 0) is 49.2 Å². The number of rotatable bonds is 5. The molecule has 0 unspecified atom stereocenters. The molecule has 3 aromatic rings. The Hall–Kier alpha value is -2.62. The third-order valence-corrected chi connectivity index (χ3v) is 6.06. The monoisotopic (exact) mass is 491 g/mol. The van der Waals surface area contributed by atoms with Crippen molar-refractivity contribution in [3.8, 4) is 0 Å². The largest absolute Gasteiger partial charge is 0.337 e. The molecule has 2 N–H and O–H groups in total. The molecule has 1 saturated heterocycles. The molecular formula is C21H23Cl2N7OS. The van der Waals surface area contributed by atoms with Crippen LogP contribution in [0.1, 0.15) is 35.3 Å². The number of carbonyl (C=O) groups excluding carboxylic acids is 1. The molecule has 0 spiro atoms. The summed E-state index contributed by atoms with van der Waals surface area (Å²) in [4.78, 5) is 14.9. The van der Waals surface area contributed by atoms with Crippen LogP contribution in [0, 0.1) is 0 Å². The van der Waals surface area contributed by atoms with Crippen LogP contribution in [0.4, 0.5) is 11.4 Å². The van der Waals surface area contributed by atoms with Crippen molar-refractivity contribution in [2.24, 2.45) is 7.05 Å². The summed E-state index contributed by atoms with van der Waals surface area (Å²) in [6.07, 6.45) is 8.31. The summed E-state index contributed by atoms with van der Waals surface area (Å²) in [5.74, 6) is -0.0392. The highest BCUT2D eigenvalue weighted by molar-refractivity contribution is 7.80. The molecule has 3 heterocycles. The number of hydrogen-bond acceptors (Lipinski definition) is 4. The molecular weight excluding hydrogens is 469 g/mol. The van der Waals surface area contributed by atoms with Crippen LogP contribution in [0.5, 0.6) is 0 Å². The normalized spacial score (nSPS) is 13.8. The van der Waals surface area contributed by atoms with Crippen LogP contribution in [0.3, 0.4) is 0 Å². The SMILES string of the molecule is Cn1ncc(NC(=S)Nc2cnn(Cc3ccc(Cl)cc3Cl)c2)c1C(=O)N1CCCCC1. The van der Waals surface area contributed by atoms with E-state index in [1.54, 1.807) is 40.9 Å². The molecule has 0 bridgehead atoms. The van der Waals surface area contributed by atoms with E-state index in [0.717, 1.165) is 37.9 Å². The molecule has 32 heavy (non-hydrogen) atoms. The second kappa shape index (κ2) is 9.89. The van der Waals surface area contributed by atoms with Crippen molar-refractivity contribution in [3.63, 3.8) is 0 Å². The van der Waals surface area contributed by atoms with Gasteiger partial charge in [-0.3, -0.25) is 14.2 Å². The Labute approximate surface area is 201 Å². The van der Waals surface area contributed by atoms with Gasteiger partial charge < -0.3 is 15.5 Å². The van der Waals surface area contributed by atoms with Gasteiger partial charge in [-0.25, -0.2) is 0 Å². The highest BCUT2D eigenvalue weighted by atomic mass is 35.5. The molecule has 0 atom stereocenters. The first-order valence-corrected chi connectivity index (χ1v) is 11.4. The van der Waals surface area contributed by atoms with E-state index in [-0.39, 0.29) is 5.91 Å². The van der Waals surface area contributed by atoms with Crippen LogP contribution in [-0.2, 0) is 13.6 Å². The second-order valence-corrected chi connectivity index (χ2v) is 8.88. The lowest BCUT2D eigenvalue weighted by atomic mass is 10.1. The number of nitrogens with one attached hydrogen (secondary N) is 2. The fourth-order valence-corrected chi connectivity index (χ4v) is 4.35. The van der Waals surface area contributed by atoms with E-state index in [1.807, 2.05) is 17.2 Å². The average molecular weight is 492 g/mol. The van der Waals surface area contributed by atoms with Crippen LogP contribution in [0.15, 0.2) is 36.8 Å². The number of piperidine rings is 1. The van der Waals surface area contributed by atoms with E-state index in [4.69, 9.17) is 35.4 Å². The van der Waals surface area contributed by atoms with Crippen molar-refractivity contribution < 1.29 is 4.79 Å². The van der Waals surface area contributed by atoms with Crippen LogP contribution in [0.2, 0.25) is 10.0 Å². The fourth-order valence-electron chi connectivity index (χ4n) is 3.65. The van der Waals surface area contributed by atoms with Gasteiger partial charge >= 0.3 is 0 Å². The summed E-state index contributed by atoms with van der Waals surface area (Å²) in [6.45, 7) is 2.03. The summed E-state index contributed by atoms with van der Waals surface area (Å²) in [6, 6.07) is 5.37. The van der Waals surface area contributed by atoms with Gasteiger partial charge in [-0.1, -0.05) is 29.3 Å². The van der Waals surface area contributed by atoms with Crippen molar-refractivity contribution in [1.82, 2.24) is 24.5 Å². The van der Waals surface area contributed by atoms with Gasteiger partial charge in [0.25, 0.3) is 5.91 Å². The summed E-state index contributed by atoms with van der Waals surface area (Å²) in [7, 11) is 1.75. The molecule has 8 nitrogen and oxygen atoms in total. The smallest absolute Gasteiger partial charge is 0.274 e. The number of thiocarbonyl (C=S) groups is 1. The topological polar surface area (TPSA) is 80.0 Å². The zero-order chi connectivity index (χ0) is 22.7. The lowest BCUT2D eigenvalue weighted by Gasteiger charge is -2.27. The number of hydrogen-bond donors (Lipinski definition) is 2. The predicted octanol–water partition coefficient (Wildman–Crippen LogP) is 4.41. The maximum Gasteiger partial charge on any atom is 0.274 e.